The van der Waals surface area contributed by atoms with Gasteiger partial charge in [0.1, 0.15) is 11.2 Å². The van der Waals surface area contributed by atoms with Gasteiger partial charge in [-0.25, -0.2) is 0 Å². The SMILES string of the molecule is CC(C)(C)[C@@H]1CCc2c(sc3c2C(=O)N[C@@H](c2cc4c(cc2Br)OCO4)N3)C1. The van der Waals surface area contributed by atoms with Crippen molar-refractivity contribution in [3.05, 3.63) is 38.2 Å². The maximum absolute atomic E-state index is 13.0. The normalized spacial score (nSPS) is 22.9. The van der Waals surface area contributed by atoms with E-state index in [9.17, 15) is 4.79 Å². The number of nitrogens with one attached hydrogen (secondary N) is 2. The molecule has 7 heteroatoms. The van der Waals surface area contributed by atoms with Gasteiger partial charge in [-0.1, -0.05) is 36.7 Å². The zero-order valence-electron chi connectivity index (χ0n) is 16.1. The number of amides is 1. The van der Waals surface area contributed by atoms with Crippen LogP contribution in [-0.4, -0.2) is 12.7 Å². The van der Waals surface area contributed by atoms with Crippen molar-refractivity contribution >= 4 is 38.2 Å². The summed E-state index contributed by atoms with van der Waals surface area (Å²) in [5.41, 5.74) is 3.31. The lowest BCUT2D eigenvalue weighted by Gasteiger charge is -2.34. The number of rotatable bonds is 1. The second kappa shape index (κ2) is 6.39. The molecular formula is C21H23BrN2O3S. The van der Waals surface area contributed by atoms with E-state index in [0.29, 0.717) is 11.7 Å². The highest BCUT2D eigenvalue weighted by Crippen LogP contribution is 2.47. The summed E-state index contributed by atoms with van der Waals surface area (Å²) >= 11 is 5.36. The Morgan fingerprint density at radius 2 is 1.93 bits per heavy atom. The zero-order chi connectivity index (χ0) is 19.6. The first kappa shape index (κ1) is 18.3. The molecule has 0 radical (unpaired) electrons. The van der Waals surface area contributed by atoms with Gasteiger partial charge in [0.25, 0.3) is 5.91 Å². The third kappa shape index (κ3) is 2.90. The van der Waals surface area contributed by atoms with Crippen LogP contribution in [0.4, 0.5) is 5.00 Å². The van der Waals surface area contributed by atoms with Gasteiger partial charge >= 0.3 is 0 Å². The Morgan fingerprint density at radius 1 is 1.18 bits per heavy atom. The fourth-order valence-electron chi connectivity index (χ4n) is 4.35. The molecular weight excluding hydrogens is 440 g/mol. The molecule has 0 saturated carbocycles. The number of carbonyl (C=O) groups is 1. The number of hydrogen-bond donors (Lipinski definition) is 2. The highest BCUT2D eigenvalue weighted by Gasteiger charge is 2.37. The molecule has 0 bridgehead atoms. The maximum atomic E-state index is 13.0. The Bertz CT molecular complexity index is 979. The van der Waals surface area contributed by atoms with Crippen molar-refractivity contribution in [1.82, 2.24) is 5.32 Å². The van der Waals surface area contributed by atoms with Gasteiger partial charge in [-0.05, 0) is 48.3 Å². The smallest absolute Gasteiger partial charge is 0.256 e. The predicted octanol–water partition coefficient (Wildman–Crippen LogP) is 5.24. The van der Waals surface area contributed by atoms with E-state index in [1.54, 1.807) is 11.3 Å². The molecule has 5 nitrogen and oxygen atoms in total. The van der Waals surface area contributed by atoms with Crippen molar-refractivity contribution in [3.8, 4) is 11.5 Å². The molecule has 148 valence electrons. The van der Waals surface area contributed by atoms with Crippen LogP contribution in [0.3, 0.4) is 0 Å². The molecule has 1 aliphatic carbocycles. The Kier molecular flexibility index (Phi) is 4.18. The highest BCUT2D eigenvalue weighted by molar-refractivity contribution is 9.10. The monoisotopic (exact) mass is 462 g/mol. The van der Waals surface area contributed by atoms with E-state index in [1.807, 2.05) is 12.1 Å². The van der Waals surface area contributed by atoms with E-state index in [2.05, 4.69) is 47.3 Å². The quantitative estimate of drug-likeness (QED) is 0.607. The fraction of sp³-hybridized carbons (Fsp3) is 0.476. The summed E-state index contributed by atoms with van der Waals surface area (Å²) in [7, 11) is 0. The minimum absolute atomic E-state index is 0.00928. The summed E-state index contributed by atoms with van der Waals surface area (Å²) < 4.78 is 11.8. The van der Waals surface area contributed by atoms with Gasteiger partial charge in [-0.3, -0.25) is 4.79 Å². The van der Waals surface area contributed by atoms with Crippen molar-refractivity contribution in [3.63, 3.8) is 0 Å². The standard InChI is InChI=1S/C21H23BrN2O3S/c1-21(2,3)10-4-5-11-16(6-10)28-20-17(11)19(25)23-18(24-20)12-7-14-15(8-13(12)22)27-9-26-14/h7-8,10,18,24H,4-6,9H2,1-3H3,(H,23,25)/t10-,18-/m1/s1. The number of anilines is 1. The van der Waals surface area contributed by atoms with Crippen molar-refractivity contribution in [2.45, 2.75) is 46.2 Å². The Hall–Kier alpha value is -1.73. The van der Waals surface area contributed by atoms with Crippen LogP contribution in [0, 0.1) is 11.3 Å². The van der Waals surface area contributed by atoms with Gasteiger partial charge in [0.05, 0.1) is 5.56 Å². The number of ether oxygens (including phenoxy) is 2. The molecule has 2 aliphatic heterocycles. The topological polar surface area (TPSA) is 59.6 Å². The van der Waals surface area contributed by atoms with Crippen LogP contribution in [0.1, 0.15) is 59.7 Å². The molecule has 28 heavy (non-hydrogen) atoms. The van der Waals surface area contributed by atoms with E-state index < -0.39 is 0 Å². The van der Waals surface area contributed by atoms with Crippen LogP contribution < -0.4 is 20.1 Å². The minimum atomic E-state index is -0.303. The maximum Gasteiger partial charge on any atom is 0.256 e. The Labute approximate surface area is 176 Å². The number of halogens is 1. The van der Waals surface area contributed by atoms with E-state index in [4.69, 9.17) is 9.47 Å². The first-order valence-corrected chi connectivity index (χ1v) is 11.2. The molecule has 3 heterocycles. The Morgan fingerprint density at radius 3 is 2.68 bits per heavy atom. The fourth-order valence-corrected chi connectivity index (χ4v) is 6.25. The second-order valence-corrected chi connectivity index (χ2v) is 10.8. The second-order valence-electron chi connectivity index (χ2n) is 8.79. The summed E-state index contributed by atoms with van der Waals surface area (Å²) in [6.45, 7) is 7.17. The first-order chi connectivity index (χ1) is 13.3. The number of thiophene rings is 1. The van der Waals surface area contributed by atoms with Crippen LogP contribution in [0.2, 0.25) is 0 Å². The summed E-state index contributed by atoms with van der Waals surface area (Å²) in [6, 6.07) is 3.83. The molecule has 2 N–H and O–H groups in total. The molecule has 0 unspecified atom stereocenters. The van der Waals surface area contributed by atoms with Gasteiger partial charge < -0.3 is 20.1 Å². The largest absolute Gasteiger partial charge is 0.454 e. The lowest BCUT2D eigenvalue weighted by atomic mass is 9.72. The lowest BCUT2D eigenvalue weighted by Crippen LogP contribution is -2.38. The molecule has 1 amide bonds. The Balaban J connectivity index is 1.48. The number of fused-ring (bicyclic) bond motifs is 4. The van der Waals surface area contributed by atoms with Crippen LogP contribution in [0.15, 0.2) is 16.6 Å². The average molecular weight is 463 g/mol. The number of carbonyl (C=O) groups excluding carboxylic acids is 1. The average Bonchev–Trinajstić information content (AvgIpc) is 3.22. The van der Waals surface area contributed by atoms with Crippen LogP contribution in [-0.2, 0) is 12.8 Å². The van der Waals surface area contributed by atoms with Gasteiger partial charge in [-0.15, -0.1) is 11.3 Å². The molecule has 3 aliphatic rings. The molecule has 0 spiro atoms. The molecule has 2 atom stereocenters. The van der Waals surface area contributed by atoms with Crippen molar-refractivity contribution in [2.24, 2.45) is 11.3 Å². The number of benzene rings is 1. The number of hydrogen-bond acceptors (Lipinski definition) is 5. The molecule has 5 rings (SSSR count). The summed E-state index contributed by atoms with van der Waals surface area (Å²) in [6.07, 6.45) is 2.88. The first-order valence-electron chi connectivity index (χ1n) is 9.62. The lowest BCUT2D eigenvalue weighted by molar-refractivity contribution is 0.0934. The third-order valence-corrected chi connectivity index (χ3v) is 7.94. The molecule has 1 aromatic carbocycles. The van der Waals surface area contributed by atoms with Crippen molar-refractivity contribution in [2.75, 3.05) is 12.1 Å². The molecule has 2 aromatic rings. The van der Waals surface area contributed by atoms with Gasteiger partial charge in [-0.2, -0.15) is 0 Å². The third-order valence-electron chi connectivity index (χ3n) is 6.07. The van der Waals surface area contributed by atoms with Crippen LogP contribution in [0.5, 0.6) is 11.5 Å². The van der Waals surface area contributed by atoms with Gasteiger partial charge in [0.15, 0.2) is 11.5 Å². The predicted molar refractivity (Wildman–Crippen MR) is 113 cm³/mol. The molecule has 1 aromatic heterocycles. The van der Waals surface area contributed by atoms with Crippen LogP contribution >= 0.6 is 27.3 Å². The van der Waals surface area contributed by atoms with E-state index >= 15 is 0 Å². The zero-order valence-corrected chi connectivity index (χ0v) is 18.6. The highest BCUT2D eigenvalue weighted by atomic mass is 79.9. The van der Waals surface area contributed by atoms with Crippen LogP contribution in [0.25, 0.3) is 0 Å². The van der Waals surface area contributed by atoms with Gasteiger partial charge in [0, 0.05) is 14.9 Å². The summed E-state index contributed by atoms with van der Waals surface area (Å²) in [5.74, 6) is 2.09. The van der Waals surface area contributed by atoms with E-state index in [1.165, 1.54) is 10.4 Å². The van der Waals surface area contributed by atoms with Crippen molar-refractivity contribution in [1.29, 1.82) is 0 Å². The summed E-state index contributed by atoms with van der Waals surface area (Å²) in [4.78, 5) is 14.4. The van der Waals surface area contributed by atoms with Crippen molar-refractivity contribution < 1.29 is 14.3 Å². The summed E-state index contributed by atoms with van der Waals surface area (Å²) in [5, 5.41) is 7.66. The molecule has 0 fully saturated rings. The van der Waals surface area contributed by atoms with E-state index in [-0.39, 0.29) is 24.3 Å². The molecule has 0 saturated heterocycles. The van der Waals surface area contributed by atoms with E-state index in [0.717, 1.165) is 45.6 Å². The van der Waals surface area contributed by atoms with Gasteiger partial charge in [0.2, 0.25) is 6.79 Å². The minimum Gasteiger partial charge on any atom is -0.454 e.